The van der Waals surface area contributed by atoms with Gasteiger partial charge in [0.2, 0.25) is 23.6 Å². The molecule has 1 aromatic carbocycles. The van der Waals surface area contributed by atoms with E-state index >= 15 is 0 Å². The van der Waals surface area contributed by atoms with Gasteiger partial charge in [-0.2, -0.15) is 0 Å². The number of aromatic nitrogens is 3. The van der Waals surface area contributed by atoms with E-state index in [4.69, 9.17) is 16.6 Å². The molecule has 0 radical (unpaired) electrons. The first-order valence-corrected chi connectivity index (χ1v) is 20.6. The lowest BCUT2D eigenvalue weighted by atomic mass is 9.97. The quantitative estimate of drug-likeness (QED) is 0.140. The van der Waals surface area contributed by atoms with Gasteiger partial charge in [0, 0.05) is 60.9 Å². The third-order valence-electron chi connectivity index (χ3n) is 11.1. The number of carbonyl (C=O) groups excluding carboxylic acids is 4. The van der Waals surface area contributed by atoms with Gasteiger partial charge in [-0.1, -0.05) is 45.4 Å². The van der Waals surface area contributed by atoms with Gasteiger partial charge >= 0.3 is 0 Å². The molecule has 2 saturated heterocycles. The molecule has 4 atom stereocenters. The number of fused-ring (bicyclic) bond motifs is 1. The number of H-pyrrole nitrogens is 1. The Balaban J connectivity index is 1.04. The maximum absolute atomic E-state index is 13.6. The smallest absolute Gasteiger partial charge is 0.246 e. The Hall–Kier alpha value is -4.79. The van der Waals surface area contributed by atoms with Gasteiger partial charge in [-0.15, -0.1) is 11.3 Å². The molecular weight excluding hydrogens is 752 g/mol. The van der Waals surface area contributed by atoms with Crippen LogP contribution in [0.5, 0.6) is 0 Å². The van der Waals surface area contributed by atoms with Crippen molar-refractivity contribution in [2.75, 3.05) is 19.7 Å². The highest BCUT2D eigenvalue weighted by molar-refractivity contribution is 7.17. The van der Waals surface area contributed by atoms with Gasteiger partial charge in [0.15, 0.2) is 0 Å². The lowest BCUT2D eigenvalue weighted by Crippen LogP contribution is -2.53. The number of aliphatic hydroxyl groups excluding tert-OH is 1. The summed E-state index contributed by atoms with van der Waals surface area (Å²) in [5.41, 5.74) is 5.68. The van der Waals surface area contributed by atoms with Crippen LogP contribution in [0.15, 0.2) is 53.2 Å². The number of aliphatic hydroxyl groups is 1. The van der Waals surface area contributed by atoms with Crippen LogP contribution in [0.25, 0.3) is 32.7 Å². The van der Waals surface area contributed by atoms with Crippen LogP contribution in [0.2, 0.25) is 5.02 Å². The van der Waals surface area contributed by atoms with Crippen LogP contribution in [0.4, 0.5) is 0 Å². The first-order chi connectivity index (χ1) is 26.9. The number of amides is 4. The summed E-state index contributed by atoms with van der Waals surface area (Å²) in [4.78, 5) is 68.6. The third kappa shape index (κ3) is 7.66. The minimum absolute atomic E-state index is 0.0234. The van der Waals surface area contributed by atoms with Gasteiger partial charge in [-0.3, -0.25) is 24.2 Å². The van der Waals surface area contributed by atoms with Crippen molar-refractivity contribution in [2.24, 2.45) is 16.8 Å². The molecule has 4 amide bonds. The Labute approximate surface area is 335 Å². The number of rotatable bonds is 12. The average Bonchev–Trinajstić information content (AvgIpc) is 4.01. The molecule has 0 saturated carbocycles. The molecule has 3 aliphatic rings. The lowest BCUT2D eigenvalue weighted by Gasteiger charge is -2.31. The highest BCUT2D eigenvalue weighted by Crippen LogP contribution is 2.40. The number of aliphatic imine (C=N–C) groups is 1. The summed E-state index contributed by atoms with van der Waals surface area (Å²) in [6.45, 7) is 9.63. The zero-order valence-corrected chi connectivity index (χ0v) is 33.9. The molecule has 3 aliphatic heterocycles. The van der Waals surface area contributed by atoms with Gasteiger partial charge < -0.3 is 35.1 Å². The highest BCUT2D eigenvalue weighted by Gasteiger charge is 2.39. The van der Waals surface area contributed by atoms with E-state index in [1.54, 1.807) is 22.4 Å². The number of carbonyl (C=O) groups is 4. The average molecular weight is 801 g/mol. The molecule has 3 aromatic heterocycles. The van der Waals surface area contributed by atoms with Crippen molar-refractivity contribution >= 4 is 68.1 Å². The van der Waals surface area contributed by atoms with E-state index in [0.717, 1.165) is 69.7 Å². The summed E-state index contributed by atoms with van der Waals surface area (Å²) in [6.07, 6.45) is 9.68. The Morgan fingerprint density at radius 3 is 2.32 bits per heavy atom. The van der Waals surface area contributed by atoms with Crippen molar-refractivity contribution in [3.05, 3.63) is 64.6 Å². The van der Waals surface area contributed by atoms with Crippen LogP contribution in [-0.2, 0) is 19.2 Å². The minimum atomic E-state index is -0.739. The maximum Gasteiger partial charge on any atom is 0.246 e. The van der Waals surface area contributed by atoms with Crippen molar-refractivity contribution in [3.63, 3.8) is 0 Å². The van der Waals surface area contributed by atoms with Crippen molar-refractivity contribution in [1.29, 1.82) is 0 Å². The van der Waals surface area contributed by atoms with Crippen molar-refractivity contribution < 1.29 is 24.3 Å². The summed E-state index contributed by atoms with van der Waals surface area (Å²) >= 11 is 8.62. The van der Waals surface area contributed by atoms with E-state index in [-0.39, 0.29) is 41.6 Å². The topological polar surface area (TPSA) is 165 Å². The molecule has 15 heteroatoms. The third-order valence-corrected chi connectivity index (χ3v) is 12.4. The second-order valence-corrected chi connectivity index (χ2v) is 16.9. The molecule has 7 rings (SSSR count). The summed E-state index contributed by atoms with van der Waals surface area (Å²) in [5.74, 6) is -0.518. The Kier molecular flexibility index (Phi) is 11.5. The second kappa shape index (κ2) is 16.4. The zero-order valence-electron chi connectivity index (χ0n) is 32.3. The Morgan fingerprint density at radius 1 is 0.982 bits per heavy atom. The van der Waals surface area contributed by atoms with Gasteiger partial charge in [0.1, 0.15) is 29.3 Å². The first kappa shape index (κ1) is 39.4. The van der Waals surface area contributed by atoms with Crippen LogP contribution in [0.3, 0.4) is 0 Å². The van der Waals surface area contributed by atoms with Crippen molar-refractivity contribution in [1.82, 2.24) is 35.0 Å². The summed E-state index contributed by atoms with van der Waals surface area (Å²) in [6, 6.07) is 6.36. The fourth-order valence-corrected chi connectivity index (χ4v) is 9.57. The number of likely N-dealkylation sites (tertiary alicyclic amines) is 2. The van der Waals surface area contributed by atoms with Crippen molar-refractivity contribution in [2.45, 2.75) is 90.9 Å². The fourth-order valence-electron chi connectivity index (χ4n) is 8.21. The molecule has 0 bridgehead atoms. The molecule has 2 fully saturated rings. The lowest BCUT2D eigenvalue weighted by molar-refractivity contribution is -0.139. The van der Waals surface area contributed by atoms with E-state index in [1.807, 2.05) is 63.2 Å². The number of aromatic amines is 1. The number of hydrogen-bond acceptors (Lipinski definition) is 8. The maximum atomic E-state index is 13.6. The van der Waals surface area contributed by atoms with E-state index in [0.29, 0.717) is 30.4 Å². The second-order valence-electron chi connectivity index (χ2n) is 15.6. The van der Waals surface area contributed by atoms with E-state index in [2.05, 4.69) is 36.6 Å². The van der Waals surface area contributed by atoms with Crippen LogP contribution >= 0.6 is 22.9 Å². The summed E-state index contributed by atoms with van der Waals surface area (Å²) in [5, 5.41) is 18.6. The Bertz CT molecular complexity index is 2220. The van der Waals surface area contributed by atoms with Crippen molar-refractivity contribution in [3.8, 4) is 16.9 Å². The van der Waals surface area contributed by atoms with Gasteiger partial charge in [0.05, 0.1) is 34.7 Å². The van der Waals surface area contributed by atoms with Crippen LogP contribution in [0, 0.1) is 11.8 Å². The normalized spacial score (nSPS) is 19.5. The molecule has 296 valence electrons. The molecule has 6 heterocycles. The number of allylic oxidation sites excluding steroid dienone is 1. The number of halogens is 1. The zero-order chi connectivity index (χ0) is 39.8. The van der Waals surface area contributed by atoms with E-state index < -0.39 is 24.6 Å². The standard InChI is InChI=1S/C41H49ClN8O5S/c1-22(2)36(45-24(5)52)39(54)48-13-6-8-33(48)30-17-26(18-43-30)28-21-56-41-27(28)12-15-50(41)32-11-10-25(16-29(32)42)31-19-44-38(46-31)34-9-7-14-49(34)40(55)37(23(3)4)47-35(53)20-51/h10-12,15-16,18-19,21-23,33-34,36-37,51H,6-9,13-14,17,20H2,1-5H3,(H,44,46)(H,45,52)(H,47,53)/t33?,34-,36-,37+/m0/s1. The number of nitrogens with one attached hydrogen (secondary N) is 3. The number of benzene rings is 1. The molecule has 13 nitrogen and oxygen atoms in total. The molecule has 56 heavy (non-hydrogen) atoms. The van der Waals surface area contributed by atoms with Crippen LogP contribution in [-0.4, -0.2) is 96.6 Å². The van der Waals surface area contributed by atoms with E-state index in [9.17, 15) is 24.3 Å². The number of imidazole rings is 1. The molecule has 4 aromatic rings. The fraction of sp³-hybridized carbons (Fsp3) is 0.463. The number of hydrogen-bond donors (Lipinski definition) is 4. The summed E-state index contributed by atoms with van der Waals surface area (Å²) in [7, 11) is 0. The monoisotopic (exact) mass is 800 g/mol. The highest BCUT2D eigenvalue weighted by atomic mass is 35.5. The van der Waals surface area contributed by atoms with Crippen LogP contribution in [0.1, 0.15) is 84.2 Å². The van der Waals surface area contributed by atoms with E-state index in [1.165, 1.54) is 6.92 Å². The molecule has 4 N–H and O–H groups in total. The molecule has 1 unspecified atom stereocenters. The predicted molar refractivity (Wildman–Crippen MR) is 218 cm³/mol. The number of thiophene rings is 1. The SMILES string of the molecule is CC(=O)N[C@H](C(=O)N1CCCC1C1=NC=C(c2csc3c2ccn3-c2ccc(-c3cnc([C@@H]4CCCN4C(=O)[C@H](NC(=O)CO)C(C)C)[nH]3)cc2Cl)C1)C(C)C. The first-order valence-electron chi connectivity index (χ1n) is 19.3. The van der Waals surface area contributed by atoms with Gasteiger partial charge in [0.25, 0.3) is 0 Å². The van der Waals surface area contributed by atoms with Gasteiger partial charge in [-0.05, 0) is 66.9 Å². The summed E-state index contributed by atoms with van der Waals surface area (Å²) < 4.78 is 2.10. The minimum Gasteiger partial charge on any atom is -0.387 e. The van der Waals surface area contributed by atoms with Crippen LogP contribution < -0.4 is 10.6 Å². The Morgan fingerprint density at radius 2 is 1.66 bits per heavy atom. The number of nitrogens with zero attached hydrogens (tertiary/aromatic N) is 5. The van der Waals surface area contributed by atoms with Gasteiger partial charge in [-0.25, -0.2) is 4.98 Å². The predicted octanol–water partition coefficient (Wildman–Crippen LogP) is 5.87. The molecule has 0 aliphatic carbocycles. The molecular formula is C41H49ClN8O5S. The molecule has 0 spiro atoms. The largest absolute Gasteiger partial charge is 0.387 e.